The van der Waals surface area contributed by atoms with Crippen LogP contribution >= 0.6 is 0 Å². The van der Waals surface area contributed by atoms with E-state index in [0.29, 0.717) is 6.42 Å². The number of rotatable bonds is 2. The van der Waals surface area contributed by atoms with Gasteiger partial charge in [0.25, 0.3) is 0 Å². The van der Waals surface area contributed by atoms with Gasteiger partial charge in [0.05, 0.1) is 24.7 Å². The van der Waals surface area contributed by atoms with Crippen molar-refractivity contribution in [3.8, 4) is 6.07 Å². The van der Waals surface area contributed by atoms with E-state index in [-0.39, 0.29) is 12.2 Å². The summed E-state index contributed by atoms with van der Waals surface area (Å²) in [7, 11) is 0. The topological polar surface area (TPSA) is 33.0 Å². The van der Waals surface area contributed by atoms with Gasteiger partial charge in [-0.25, -0.2) is 0 Å². The zero-order valence-electron chi connectivity index (χ0n) is 7.00. The first kappa shape index (κ1) is 8.29. The van der Waals surface area contributed by atoms with E-state index < -0.39 is 0 Å². The summed E-state index contributed by atoms with van der Waals surface area (Å²) in [6.45, 7) is 4.11. The Morgan fingerprint density at radius 3 is 2.91 bits per heavy atom. The Morgan fingerprint density at radius 2 is 2.45 bits per heavy atom. The number of ether oxygens (including phenoxy) is 1. The molecule has 2 atom stereocenters. The third kappa shape index (κ3) is 1.81. The highest BCUT2D eigenvalue weighted by molar-refractivity contribution is 5.15. The van der Waals surface area contributed by atoms with Crippen LogP contribution in [-0.4, -0.2) is 12.2 Å². The van der Waals surface area contributed by atoms with Crippen LogP contribution in [0.25, 0.3) is 0 Å². The SMILES string of the molecule is CC[C@@H]1C=C(C)C(CC#N)O1. The second-order valence-corrected chi connectivity index (χ2v) is 2.84. The van der Waals surface area contributed by atoms with E-state index in [1.165, 1.54) is 5.57 Å². The van der Waals surface area contributed by atoms with E-state index in [9.17, 15) is 0 Å². The molecule has 0 bridgehead atoms. The van der Waals surface area contributed by atoms with Crippen molar-refractivity contribution in [1.82, 2.24) is 0 Å². The average molecular weight is 151 g/mol. The molecule has 11 heavy (non-hydrogen) atoms. The first-order chi connectivity index (χ1) is 5.27. The Bertz CT molecular complexity index is 202. The minimum Gasteiger partial charge on any atom is -0.366 e. The van der Waals surface area contributed by atoms with E-state index in [0.717, 1.165) is 6.42 Å². The van der Waals surface area contributed by atoms with Crippen LogP contribution in [0.2, 0.25) is 0 Å². The van der Waals surface area contributed by atoms with Gasteiger partial charge in [0.1, 0.15) is 0 Å². The maximum atomic E-state index is 8.45. The molecular weight excluding hydrogens is 138 g/mol. The molecule has 0 radical (unpaired) electrons. The van der Waals surface area contributed by atoms with Gasteiger partial charge in [0, 0.05) is 0 Å². The van der Waals surface area contributed by atoms with Crippen molar-refractivity contribution >= 4 is 0 Å². The first-order valence-electron chi connectivity index (χ1n) is 3.98. The fourth-order valence-corrected chi connectivity index (χ4v) is 1.26. The summed E-state index contributed by atoms with van der Waals surface area (Å²) >= 11 is 0. The van der Waals surface area contributed by atoms with Crippen LogP contribution in [0.3, 0.4) is 0 Å². The average Bonchev–Trinajstić information content (AvgIpc) is 2.33. The lowest BCUT2D eigenvalue weighted by atomic mass is 10.1. The molecule has 1 aliphatic heterocycles. The van der Waals surface area contributed by atoms with Crippen LogP contribution in [-0.2, 0) is 4.74 Å². The minimum absolute atomic E-state index is 0.0601. The van der Waals surface area contributed by atoms with Crippen LogP contribution in [0.1, 0.15) is 26.7 Å². The lowest BCUT2D eigenvalue weighted by molar-refractivity contribution is 0.0576. The molecule has 2 heteroatoms. The molecule has 60 valence electrons. The van der Waals surface area contributed by atoms with Crippen LogP contribution in [0.5, 0.6) is 0 Å². The quantitative estimate of drug-likeness (QED) is 0.566. The molecule has 0 fully saturated rings. The molecule has 0 aliphatic carbocycles. The van der Waals surface area contributed by atoms with E-state index in [1.54, 1.807) is 0 Å². The van der Waals surface area contributed by atoms with Crippen molar-refractivity contribution in [3.05, 3.63) is 11.6 Å². The lowest BCUT2D eigenvalue weighted by Gasteiger charge is -2.10. The van der Waals surface area contributed by atoms with E-state index in [2.05, 4.69) is 19.1 Å². The highest BCUT2D eigenvalue weighted by atomic mass is 16.5. The summed E-state index contributed by atoms with van der Waals surface area (Å²) in [6.07, 6.45) is 3.90. The lowest BCUT2D eigenvalue weighted by Crippen LogP contribution is -2.12. The van der Waals surface area contributed by atoms with Gasteiger partial charge in [-0.05, 0) is 18.9 Å². The van der Waals surface area contributed by atoms with E-state index in [1.807, 2.05) is 6.92 Å². The molecule has 0 saturated heterocycles. The summed E-state index contributed by atoms with van der Waals surface area (Å²) < 4.78 is 5.55. The van der Waals surface area contributed by atoms with Crippen molar-refractivity contribution in [3.63, 3.8) is 0 Å². The molecule has 0 amide bonds. The molecule has 1 aliphatic rings. The normalized spacial score (nSPS) is 29.7. The van der Waals surface area contributed by atoms with Gasteiger partial charge in [0.2, 0.25) is 0 Å². The minimum atomic E-state index is 0.0601. The largest absolute Gasteiger partial charge is 0.366 e. The third-order valence-corrected chi connectivity index (χ3v) is 1.97. The van der Waals surface area contributed by atoms with Crippen LogP contribution in [0, 0.1) is 11.3 Å². The predicted molar refractivity (Wildman–Crippen MR) is 42.9 cm³/mol. The fourth-order valence-electron chi connectivity index (χ4n) is 1.26. The highest BCUT2D eigenvalue weighted by Gasteiger charge is 2.22. The summed E-state index contributed by atoms with van der Waals surface area (Å²) in [5, 5.41) is 8.45. The summed E-state index contributed by atoms with van der Waals surface area (Å²) in [6, 6.07) is 2.12. The van der Waals surface area contributed by atoms with Crippen molar-refractivity contribution < 1.29 is 4.74 Å². The second kappa shape index (κ2) is 3.54. The van der Waals surface area contributed by atoms with Crippen molar-refractivity contribution in [2.45, 2.75) is 38.9 Å². The van der Waals surface area contributed by atoms with Crippen LogP contribution in [0.4, 0.5) is 0 Å². The van der Waals surface area contributed by atoms with E-state index in [4.69, 9.17) is 10.00 Å². The maximum absolute atomic E-state index is 8.45. The third-order valence-electron chi connectivity index (χ3n) is 1.97. The van der Waals surface area contributed by atoms with Crippen LogP contribution in [0.15, 0.2) is 11.6 Å². The molecule has 1 heterocycles. The Labute approximate surface area is 67.5 Å². The first-order valence-corrected chi connectivity index (χ1v) is 3.98. The summed E-state index contributed by atoms with van der Waals surface area (Å²) in [4.78, 5) is 0. The maximum Gasteiger partial charge on any atom is 0.0921 e. The molecule has 0 spiro atoms. The molecule has 0 saturated carbocycles. The number of nitrogens with zero attached hydrogens (tertiary/aromatic N) is 1. The summed E-state index contributed by atoms with van der Waals surface area (Å²) in [5.41, 5.74) is 1.21. The van der Waals surface area contributed by atoms with Crippen molar-refractivity contribution in [1.29, 1.82) is 5.26 Å². The Kier molecular flexibility index (Phi) is 2.67. The highest BCUT2D eigenvalue weighted by Crippen LogP contribution is 2.22. The predicted octanol–water partition coefficient (Wildman–Crippen LogP) is 2.02. The second-order valence-electron chi connectivity index (χ2n) is 2.84. The standard InChI is InChI=1S/C9H13NO/c1-3-8-6-7(2)9(11-8)4-5-10/h6,8-9H,3-4H2,1-2H3/t8-,9?/m1/s1. The molecule has 2 nitrogen and oxygen atoms in total. The monoisotopic (exact) mass is 151 g/mol. The zero-order chi connectivity index (χ0) is 8.27. The van der Waals surface area contributed by atoms with Gasteiger partial charge >= 0.3 is 0 Å². The van der Waals surface area contributed by atoms with E-state index >= 15 is 0 Å². The Hall–Kier alpha value is -0.810. The Balaban J connectivity index is 2.51. The Morgan fingerprint density at radius 1 is 1.73 bits per heavy atom. The van der Waals surface area contributed by atoms with Gasteiger partial charge in [-0.2, -0.15) is 5.26 Å². The van der Waals surface area contributed by atoms with Gasteiger partial charge in [0.15, 0.2) is 0 Å². The molecule has 0 aromatic heterocycles. The molecule has 0 aromatic rings. The smallest absolute Gasteiger partial charge is 0.0921 e. The van der Waals surface area contributed by atoms with Gasteiger partial charge in [-0.3, -0.25) is 0 Å². The molecule has 0 aromatic carbocycles. The number of hydrogen-bond acceptors (Lipinski definition) is 2. The number of nitriles is 1. The van der Waals surface area contributed by atoms with Gasteiger partial charge < -0.3 is 4.74 Å². The summed E-state index contributed by atoms with van der Waals surface area (Å²) in [5.74, 6) is 0. The fraction of sp³-hybridized carbons (Fsp3) is 0.667. The van der Waals surface area contributed by atoms with Gasteiger partial charge in [-0.1, -0.05) is 13.0 Å². The van der Waals surface area contributed by atoms with Crippen molar-refractivity contribution in [2.24, 2.45) is 0 Å². The van der Waals surface area contributed by atoms with Gasteiger partial charge in [-0.15, -0.1) is 0 Å². The molecule has 1 rings (SSSR count). The molecule has 0 N–H and O–H groups in total. The molecule has 1 unspecified atom stereocenters. The van der Waals surface area contributed by atoms with Crippen LogP contribution < -0.4 is 0 Å². The molecular formula is C9H13NO. The zero-order valence-corrected chi connectivity index (χ0v) is 7.00. The van der Waals surface area contributed by atoms with Crippen molar-refractivity contribution in [2.75, 3.05) is 0 Å². The number of hydrogen-bond donors (Lipinski definition) is 0.